The maximum Gasteiger partial charge on any atom is 0.186 e. The fraction of sp³-hybridized carbons (Fsp3) is 0.100. The first kappa shape index (κ1) is 14.5. The fourth-order valence-electron chi connectivity index (χ4n) is 3.33. The number of carbonyl (C=O) groups is 2. The molecule has 3 heterocycles. The van der Waals surface area contributed by atoms with Gasteiger partial charge in [0, 0.05) is 23.0 Å². The number of rotatable bonds is 4. The third-order valence-corrected chi connectivity index (χ3v) is 4.41. The second kappa shape index (κ2) is 5.81. The molecule has 0 saturated heterocycles. The van der Waals surface area contributed by atoms with E-state index in [1.165, 1.54) is 0 Å². The second-order valence-electron chi connectivity index (χ2n) is 5.77. The summed E-state index contributed by atoms with van der Waals surface area (Å²) in [5.74, 6) is 0.133. The summed E-state index contributed by atoms with van der Waals surface area (Å²) in [4.78, 5) is 24.9. The number of carbonyl (C=O) groups excluding carboxylic acids is 2. The molecule has 4 rings (SSSR count). The van der Waals surface area contributed by atoms with E-state index in [4.69, 9.17) is 4.42 Å². The SMILES string of the molecule is O=CC1=Cc2cccn2C(C(=O)c2ccccc2)C1c1ccco1. The van der Waals surface area contributed by atoms with E-state index < -0.39 is 12.0 Å². The van der Waals surface area contributed by atoms with Gasteiger partial charge in [0.25, 0.3) is 0 Å². The van der Waals surface area contributed by atoms with Gasteiger partial charge in [0.1, 0.15) is 18.1 Å². The Kier molecular flexibility index (Phi) is 3.50. The molecular weight excluding hydrogens is 302 g/mol. The average Bonchev–Trinajstić information content (AvgIpc) is 3.31. The fourth-order valence-corrected chi connectivity index (χ4v) is 3.33. The third kappa shape index (κ3) is 2.24. The van der Waals surface area contributed by atoms with Crippen LogP contribution in [-0.2, 0) is 4.79 Å². The highest BCUT2D eigenvalue weighted by atomic mass is 16.3. The van der Waals surface area contributed by atoms with Crippen LogP contribution >= 0.6 is 0 Å². The molecule has 0 saturated carbocycles. The lowest BCUT2D eigenvalue weighted by molar-refractivity contribution is -0.105. The van der Waals surface area contributed by atoms with E-state index in [1.54, 1.807) is 24.5 Å². The average molecular weight is 317 g/mol. The predicted octanol–water partition coefficient (Wildman–Crippen LogP) is 3.88. The van der Waals surface area contributed by atoms with Crippen LogP contribution in [0, 0.1) is 0 Å². The van der Waals surface area contributed by atoms with Gasteiger partial charge in [-0.25, -0.2) is 0 Å². The normalized spacial score (nSPS) is 19.4. The quantitative estimate of drug-likeness (QED) is 0.542. The number of Topliss-reactive ketones (excluding diaryl/α,β-unsaturated/α-hetero) is 1. The van der Waals surface area contributed by atoms with Gasteiger partial charge >= 0.3 is 0 Å². The zero-order chi connectivity index (χ0) is 16.5. The molecule has 4 nitrogen and oxygen atoms in total. The molecule has 0 N–H and O–H groups in total. The number of ketones is 1. The number of allylic oxidation sites excluding steroid dienone is 1. The molecule has 1 aliphatic heterocycles. The molecule has 0 spiro atoms. The van der Waals surface area contributed by atoms with E-state index in [0.717, 1.165) is 12.0 Å². The van der Waals surface area contributed by atoms with Gasteiger partial charge in [0.05, 0.1) is 12.2 Å². The number of hydrogen-bond donors (Lipinski definition) is 0. The second-order valence-corrected chi connectivity index (χ2v) is 5.77. The van der Waals surface area contributed by atoms with Gasteiger partial charge in [-0.15, -0.1) is 0 Å². The van der Waals surface area contributed by atoms with Crippen LogP contribution in [0.3, 0.4) is 0 Å². The molecule has 3 aromatic rings. The van der Waals surface area contributed by atoms with Gasteiger partial charge < -0.3 is 8.98 Å². The van der Waals surface area contributed by atoms with Gasteiger partial charge in [0.2, 0.25) is 0 Å². The molecule has 4 heteroatoms. The number of furan rings is 1. The van der Waals surface area contributed by atoms with Crippen molar-refractivity contribution in [2.45, 2.75) is 12.0 Å². The summed E-state index contributed by atoms with van der Waals surface area (Å²) < 4.78 is 7.46. The Morgan fingerprint density at radius 2 is 1.88 bits per heavy atom. The number of aromatic nitrogens is 1. The Labute approximate surface area is 139 Å². The Balaban J connectivity index is 1.89. The summed E-state index contributed by atoms with van der Waals surface area (Å²) in [5.41, 5.74) is 2.01. The van der Waals surface area contributed by atoms with E-state index >= 15 is 0 Å². The molecule has 0 radical (unpaired) electrons. The molecule has 24 heavy (non-hydrogen) atoms. The molecule has 0 fully saturated rings. The standard InChI is InChI=1S/C20H15NO3/c22-13-15-12-16-8-4-10-21(16)19(18(15)17-9-5-11-24-17)20(23)14-6-2-1-3-7-14/h1-13,18-19H. The molecule has 118 valence electrons. The predicted molar refractivity (Wildman–Crippen MR) is 89.7 cm³/mol. The largest absolute Gasteiger partial charge is 0.469 e. The zero-order valence-corrected chi connectivity index (χ0v) is 12.8. The molecule has 0 amide bonds. The maximum absolute atomic E-state index is 13.2. The maximum atomic E-state index is 13.2. The van der Waals surface area contributed by atoms with Crippen molar-refractivity contribution in [2.24, 2.45) is 0 Å². The summed E-state index contributed by atoms with van der Waals surface area (Å²) in [6.07, 6.45) is 6.06. The first-order valence-corrected chi connectivity index (χ1v) is 7.76. The van der Waals surface area contributed by atoms with Crippen LogP contribution in [-0.4, -0.2) is 16.6 Å². The Morgan fingerprint density at radius 1 is 1.04 bits per heavy atom. The first-order chi connectivity index (χ1) is 11.8. The minimum Gasteiger partial charge on any atom is -0.469 e. The number of nitrogens with zero attached hydrogens (tertiary/aromatic N) is 1. The molecule has 2 aromatic heterocycles. The number of benzene rings is 1. The highest BCUT2D eigenvalue weighted by Gasteiger charge is 2.39. The number of fused-ring (bicyclic) bond motifs is 1. The molecule has 0 bridgehead atoms. The Hall–Kier alpha value is -3.14. The number of aldehydes is 1. The lowest BCUT2D eigenvalue weighted by atomic mass is 9.82. The third-order valence-electron chi connectivity index (χ3n) is 4.41. The summed E-state index contributed by atoms with van der Waals surface area (Å²) in [6.45, 7) is 0. The van der Waals surface area contributed by atoms with Crippen LogP contribution in [0.2, 0.25) is 0 Å². The van der Waals surface area contributed by atoms with Crippen LogP contribution in [0.5, 0.6) is 0 Å². The zero-order valence-electron chi connectivity index (χ0n) is 12.8. The molecule has 2 unspecified atom stereocenters. The van der Waals surface area contributed by atoms with Crippen LogP contribution in [0.25, 0.3) is 6.08 Å². The van der Waals surface area contributed by atoms with Crippen molar-refractivity contribution in [3.63, 3.8) is 0 Å². The van der Waals surface area contributed by atoms with Gasteiger partial charge in [-0.1, -0.05) is 30.3 Å². The Morgan fingerprint density at radius 3 is 2.58 bits per heavy atom. The molecule has 1 aromatic carbocycles. The van der Waals surface area contributed by atoms with E-state index in [1.807, 2.05) is 53.2 Å². The van der Waals surface area contributed by atoms with Crippen molar-refractivity contribution in [2.75, 3.05) is 0 Å². The van der Waals surface area contributed by atoms with E-state index in [0.29, 0.717) is 16.9 Å². The lowest BCUT2D eigenvalue weighted by Gasteiger charge is -2.31. The highest BCUT2D eigenvalue weighted by molar-refractivity contribution is 6.02. The van der Waals surface area contributed by atoms with Crippen molar-refractivity contribution in [1.82, 2.24) is 4.57 Å². The van der Waals surface area contributed by atoms with E-state index in [9.17, 15) is 9.59 Å². The van der Waals surface area contributed by atoms with E-state index in [-0.39, 0.29) is 5.78 Å². The van der Waals surface area contributed by atoms with Crippen molar-refractivity contribution in [3.05, 3.63) is 89.6 Å². The molecule has 0 aliphatic carbocycles. The van der Waals surface area contributed by atoms with Crippen molar-refractivity contribution < 1.29 is 14.0 Å². The highest BCUT2D eigenvalue weighted by Crippen LogP contribution is 2.42. The van der Waals surface area contributed by atoms with Gasteiger partial charge in [0.15, 0.2) is 5.78 Å². The van der Waals surface area contributed by atoms with Crippen molar-refractivity contribution in [3.8, 4) is 0 Å². The lowest BCUT2D eigenvalue weighted by Crippen LogP contribution is -2.30. The molecular formula is C20H15NO3. The Bertz CT molecular complexity index is 904. The van der Waals surface area contributed by atoms with Gasteiger partial charge in [-0.3, -0.25) is 9.59 Å². The first-order valence-electron chi connectivity index (χ1n) is 7.76. The summed E-state index contributed by atoms with van der Waals surface area (Å²) in [5, 5.41) is 0. The van der Waals surface area contributed by atoms with Gasteiger partial charge in [-0.05, 0) is 30.3 Å². The van der Waals surface area contributed by atoms with Crippen LogP contribution in [0.4, 0.5) is 0 Å². The van der Waals surface area contributed by atoms with Gasteiger partial charge in [-0.2, -0.15) is 0 Å². The van der Waals surface area contributed by atoms with Crippen LogP contribution in [0.1, 0.15) is 33.8 Å². The van der Waals surface area contributed by atoms with Crippen LogP contribution in [0.15, 0.2) is 77.0 Å². The summed E-state index contributed by atoms with van der Waals surface area (Å²) >= 11 is 0. The number of hydrogen-bond acceptors (Lipinski definition) is 3. The molecule has 2 atom stereocenters. The van der Waals surface area contributed by atoms with Crippen molar-refractivity contribution >= 4 is 18.1 Å². The van der Waals surface area contributed by atoms with E-state index in [2.05, 4.69) is 0 Å². The topological polar surface area (TPSA) is 52.2 Å². The minimum absolute atomic E-state index is 0.0399. The summed E-state index contributed by atoms with van der Waals surface area (Å²) in [7, 11) is 0. The summed E-state index contributed by atoms with van der Waals surface area (Å²) in [6, 6.07) is 15.9. The molecule has 1 aliphatic rings. The smallest absolute Gasteiger partial charge is 0.186 e. The monoisotopic (exact) mass is 317 g/mol. The van der Waals surface area contributed by atoms with Crippen molar-refractivity contribution in [1.29, 1.82) is 0 Å². The van der Waals surface area contributed by atoms with Crippen LogP contribution < -0.4 is 0 Å². The minimum atomic E-state index is -0.547.